The quantitative estimate of drug-likeness (QED) is 0.588. The minimum Gasteiger partial charge on any atom is -0.496 e. The van der Waals surface area contributed by atoms with Crippen LogP contribution in [0.2, 0.25) is 0 Å². The van der Waals surface area contributed by atoms with E-state index in [4.69, 9.17) is 9.47 Å². The summed E-state index contributed by atoms with van der Waals surface area (Å²) in [6.45, 7) is 5.01. The molecule has 2 N–H and O–H groups in total. The van der Waals surface area contributed by atoms with E-state index >= 15 is 0 Å². The molecule has 1 unspecified atom stereocenters. The normalized spacial score (nSPS) is 12.4. The third kappa shape index (κ3) is 5.65. The van der Waals surface area contributed by atoms with Gasteiger partial charge in [0, 0.05) is 13.6 Å². The van der Waals surface area contributed by atoms with Gasteiger partial charge in [0.2, 0.25) is 0 Å². The monoisotopic (exact) mass is 359 g/mol. The van der Waals surface area contributed by atoms with Crippen LogP contribution in [0.15, 0.2) is 47.5 Å². The Hall–Kier alpha value is -2.76. The summed E-state index contributed by atoms with van der Waals surface area (Å²) in [5.41, 5.74) is 2.21. The fraction of sp³-hybridized carbons (Fsp3) is 0.350. The molecule has 0 saturated heterocycles. The number of hydrogen-bond donors (Lipinski definition) is 2. The van der Waals surface area contributed by atoms with Gasteiger partial charge in [-0.05, 0) is 43.2 Å². The molecule has 5 nitrogen and oxygen atoms in total. The lowest BCUT2D eigenvalue weighted by atomic mass is 10.1. The molecule has 0 radical (unpaired) electrons. The van der Waals surface area contributed by atoms with Crippen LogP contribution in [0.5, 0.6) is 11.5 Å². The molecule has 0 aromatic heterocycles. The van der Waals surface area contributed by atoms with Gasteiger partial charge >= 0.3 is 0 Å². The van der Waals surface area contributed by atoms with Gasteiger partial charge in [-0.25, -0.2) is 4.39 Å². The molecule has 6 heteroatoms. The van der Waals surface area contributed by atoms with Crippen molar-refractivity contribution < 1.29 is 13.9 Å². The largest absolute Gasteiger partial charge is 0.496 e. The lowest BCUT2D eigenvalue weighted by molar-refractivity contribution is 0.214. The first kappa shape index (κ1) is 19.6. The Morgan fingerprint density at radius 1 is 1.15 bits per heavy atom. The van der Waals surface area contributed by atoms with Gasteiger partial charge in [0.25, 0.3) is 0 Å². The highest BCUT2D eigenvalue weighted by Gasteiger charge is 2.09. The van der Waals surface area contributed by atoms with Crippen LogP contribution < -0.4 is 20.1 Å². The van der Waals surface area contributed by atoms with Crippen LogP contribution in [0.1, 0.15) is 18.1 Å². The molecule has 140 valence electrons. The van der Waals surface area contributed by atoms with Crippen LogP contribution >= 0.6 is 0 Å². The van der Waals surface area contributed by atoms with E-state index in [0.717, 1.165) is 16.9 Å². The zero-order valence-electron chi connectivity index (χ0n) is 15.7. The zero-order chi connectivity index (χ0) is 18.9. The minimum atomic E-state index is -0.364. The first-order chi connectivity index (χ1) is 12.5. The molecular formula is C20H26FN3O2. The third-order valence-electron chi connectivity index (χ3n) is 3.86. The average molecular weight is 359 g/mol. The number of halogens is 1. The Labute approximate surface area is 154 Å². The maximum atomic E-state index is 13.6. The van der Waals surface area contributed by atoms with Crippen LogP contribution in [0.4, 0.5) is 4.39 Å². The number of guanidine groups is 1. The Bertz CT molecular complexity index is 750. The standard InChI is InChI=1S/C20H26FN3O2/c1-14-11-16(9-10-18(14)25-4)13-24-20(22-3)23-12-15(2)26-19-8-6-5-7-17(19)21/h5-11,15H,12-13H2,1-4H3,(H2,22,23,24). The number of methoxy groups -OCH3 is 1. The van der Waals surface area contributed by atoms with E-state index in [-0.39, 0.29) is 17.7 Å². The Morgan fingerprint density at radius 3 is 2.58 bits per heavy atom. The molecule has 2 aromatic rings. The molecule has 0 fully saturated rings. The van der Waals surface area contributed by atoms with Gasteiger partial charge in [0.1, 0.15) is 11.9 Å². The van der Waals surface area contributed by atoms with Gasteiger partial charge in [-0.1, -0.05) is 24.3 Å². The Morgan fingerprint density at radius 2 is 1.92 bits per heavy atom. The number of aliphatic imine (C=N–C) groups is 1. The van der Waals surface area contributed by atoms with Gasteiger partial charge < -0.3 is 20.1 Å². The van der Waals surface area contributed by atoms with Crippen molar-refractivity contribution in [3.63, 3.8) is 0 Å². The summed E-state index contributed by atoms with van der Waals surface area (Å²) >= 11 is 0. The van der Waals surface area contributed by atoms with Gasteiger partial charge in [-0.3, -0.25) is 4.99 Å². The van der Waals surface area contributed by atoms with E-state index in [1.165, 1.54) is 6.07 Å². The summed E-state index contributed by atoms with van der Waals surface area (Å²) in [5.74, 6) is 1.41. The van der Waals surface area contributed by atoms with Crippen LogP contribution in [0, 0.1) is 12.7 Å². The summed E-state index contributed by atoms with van der Waals surface area (Å²) in [4.78, 5) is 4.20. The van der Waals surface area contributed by atoms with E-state index in [0.29, 0.717) is 19.0 Å². The zero-order valence-corrected chi connectivity index (χ0v) is 15.7. The van der Waals surface area contributed by atoms with Crippen LogP contribution in [-0.4, -0.2) is 32.8 Å². The number of ether oxygens (including phenoxy) is 2. The SMILES string of the molecule is CN=C(NCc1ccc(OC)c(C)c1)NCC(C)Oc1ccccc1F. The fourth-order valence-electron chi connectivity index (χ4n) is 2.50. The number of aryl methyl sites for hydroxylation is 1. The van der Waals surface area contributed by atoms with E-state index in [2.05, 4.69) is 21.7 Å². The summed E-state index contributed by atoms with van der Waals surface area (Å²) in [6.07, 6.45) is -0.214. The summed E-state index contributed by atoms with van der Waals surface area (Å²) < 4.78 is 24.5. The molecule has 0 aliphatic carbocycles. The van der Waals surface area contributed by atoms with Crippen molar-refractivity contribution in [2.45, 2.75) is 26.5 Å². The van der Waals surface area contributed by atoms with Crippen LogP contribution in [0.25, 0.3) is 0 Å². The van der Waals surface area contributed by atoms with Crippen molar-refractivity contribution >= 4 is 5.96 Å². The molecule has 2 aromatic carbocycles. The van der Waals surface area contributed by atoms with Crippen molar-refractivity contribution in [1.29, 1.82) is 0 Å². The number of nitrogens with one attached hydrogen (secondary N) is 2. The van der Waals surface area contributed by atoms with Gasteiger partial charge in [-0.15, -0.1) is 0 Å². The molecule has 1 atom stereocenters. The van der Waals surface area contributed by atoms with Gasteiger partial charge in [-0.2, -0.15) is 0 Å². The maximum absolute atomic E-state index is 13.6. The topological polar surface area (TPSA) is 54.9 Å². The van der Waals surface area contributed by atoms with E-state index < -0.39 is 0 Å². The van der Waals surface area contributed by atoms with Crippen molar-refractivity contribution in [2.75, 3.05) is 20.7 Å². The number of nitrogens with zero attached hydrogens (tertiary/aromatic N) is 1. The fourth-order valence-corrected chi connectivity index (χ4v) is 2.50. The molecule has 0 heterocycles. The second-order valence-electron chi connectivity index (χ2n) is 5.97. The van der Waals surface area contributed by atoms with Crippen molar-refractivity contribution in [2.24, 2.45) is 4.99 Å². The number of hydrogen-bond acceptors (Lipinski definition) is 3. The molecule has 2 rings (SSSR count). The molecule has 26 heavy (non-hydrogen) atoms. The lowest BCUT2D eigenvalue weighted by Crippen LogP contribution is -2.41. The van der Waals surface area contributed by atoms with E-state index in [9.17, 15) is 4.39 Å². The molecule has 0 aliphatic rings. The second-order valence-corrected chi connectivity index (χ2v) is 5.97. The van der Waals surface area contributed by atoms with Gasteiger partial charge in [0.15, 0.2) is 17.5 Å². The smallest absolute Gasteiger partial charge is 0.191 e. The predicted molar refractivity (Wildman–Crippen MR) is 102 cm³/mol. The molecule has 0 saturated carbocycles. The highest BCUT2D eigenvalue weighted by molar-refractivity contribution is 5.79. The molecule has 0 bridgehead atoms. The van der Waals surface area contributed by atoms with Crippen molar-refractivity contribution in [3.05, 3.63) is 59.4 Å². The Kier molecular flexibility index (Phi) is 7.26. The third-order valence-corrected chi connectivity index (χ3v) is 3.86. The number of para-hydroxylation sites is 1. The van der Waals surface area contributed by atoms with Crippen LogP contribution in [-0.2, 0) is 6.54 Å². The minimum absolute atomic E-state index is 0.214. The summed E-state index contributed by atoms with van der Waals surface area (Å²) in [7, 11) is 3.37. The first-order valence-electron chi connectivity index (χ1n) is 8.52. The second kappa shape index (κ2) is 9.65. The Balaban J connectivity index is 1.82. The molecule has 0 aliphatic heterocycles. The highest BCUT2D eigenvalue weighted by Crippen LogP contribution is 2.18. The lowest BCUT2D eigenvalue weighted by Gasteiger charge is -2.18. The number of rotatable bonds is 7. The van der Waals surface area contributed by atoms with Gasteiger partial charge in [0.05, 0.1) is 13.7 Å². The summed E-state index contributed by atoms with van der Waals surface area (Å²) in [6, 6.07) is 12.4. The van der Waals surface area contributed by atoms with Crippen LogP contribution in [0.3, 0.4) is 0 Å². The molecule has 0 amide bonds. The predicted octanol–water partition coefficient (Wildman–Crippen LogP) is 3.28. The molecular weight excluding hydrogens is 333 g/mol. The van der Waals surface area contributed by atoms with Crippen molar-refractivity contribution in [1.82, 2.24) is 10.6 Å². The maximum Gasteiger partial charge on any atom is 0.191 e. The van der Waals surface area contributed by atoms with E-state index in [1.54, 1.807) is 32.4 Å². The average Bonchev–Trinajstić information content (AvgIpc) is 2.64. The van der Waals surface area contributed by atoms with E-state index in [1.807, 2.05) is 26.0 Å². The first-order valence-corrected chi connectivity index (χ1v) is 8.52. The highest BCUT2D eigenvalue weighted by atomic mass is 19.1. The summed E-state index contributed by atoms with van der Waals surface area (Å²) in [5, 5.41) is 6.43. The molecule has 0 spiro atoms. The van der Waals surface area contributed by atoms with Crippen molar-refractivity contribution in [3.8, 4) is 11.5 Å². The number of benzene rings is 2.